The highest BCUT2D eigenvalue weighted by Gasteiger charge is 2.26. The summed E-state index contributed by atoms with van der Waals surface area (Å²) in [6, 6.07) is 13.6. The molecule has 2 aromatic rings. The first-order valence-electron chi connectivity index (χ1n) is 11.8. The van der Waals surface area contributed by atoms with Crippen LogP contribution in [0.25, 0.3) is 6.08 Å². The molecule has 2 aromatic carbocycles. The van der Waals surface area contributed by atoms with E-state index in [1.807, 2.05) is 41.3 Å². The molecule has 2 aliphatic rings. The van der Waals surface area contributed by atoms with Gasteiger partial charge in [0.1, 0.15) is 23.4 Å². The van der Waals surface area contributed by atoms with Gasteiger partial charge in [0.15, 0.2) is 0 Å². The summed E-state index contributed by atoms with van der Waals surface area (Å²) in [5.41, 5.74) is 1.73. The van der Waals surface area contributed by atoms with Gasteiger partial charge in [-0.3, -0.25) is 9.69 Å². The number of benzene rings is 2. The highest BCUT2D eigenvalue weighted by Crippen LogP contribution is 2.30. The van der Waals surface area contributed by atoms with Crippen molar-refractivity contribution in [2.45, 2.75) is 31.8 Å². The van der Waals surface area contributed by atoms with Crippen molar-refractivity contribution < 1.29 is 19.0 Å². The maximum absolute atomic E-state index is 13.0. The normalized spacial score (nSPS) is 17.5. The Balaban J connectivity index is 1.34. The summed E-state index contributed by atoms with van der Waals surface area (Å²) >= 11 is 0. The number of hydrogen-bond acceptors (Lipinski definition) is 5. The van der Waals surface area contributed by atoms with Crippen LogP contribution in [0.15, 0.2) is 48.5 Å². The average molecular weight is 451 g/mol. The van der Waals surface area contributed by atoms with Crippen LogP contribution < -0.4 is 14.2 Å². The summed E-state index contributed by atoms with van der Waals surface area (Å²) in [7, 11) is 3.34. The second kappa shape index (κ2) is 11.2. The van der Waals surface area contributed by atoms with Crippen LogP contribution in [0.1, 0.15) is 41.6 Å². The maximum atomic E-state index is 13.0. The molecule has 0 unspecified atom stereocenters. The summed E-state index contributed by atoms with van der Waals surface area (Å²) in [4.78, 5) is 17.4. The molecule has 0 spiro atoms. The average Bonchev–Trinajstić information content (AvgIpc) is 3.40. The SMILES string of the molecule is COc1ccc(C(=O)N2CCCC2)c(OC2CCN(CC=Cc3ccccc3OC)CC2)c1. The molecule has 2 fully saturated rings. The van der Waals surface area contributed by atoms with Gasteiger partial charge in [0, 0.05) is 44.4 Å². The Morgan fingerprint density at radius 1 is 0.970 bits per heavy atom. The number of hydrogen-bond donors (Lipinski definition) is 0. The molecule has 6 heteroatoms. The summed E-state index contributed by atoms with van der Waals surface area (Å²) in [5, 5.41) is 0. The monoisotopic (exact) mass is 450 g/mol. The number of nitrogens with zero attached hydrogens (tertiary/aromatic N) is 2. The smallest absolute Gasteiger partial charge is 0.257 e. The third-order valence-corrected chi connectivity index (χ3v) is 6.44. The van der Waals surface area contributed by atoms with Crippen molar-refractivity contribution in [1.29, 1.82) is 0 Å². The van der Waals surface area contributed by atoms with Crippen molar-refractivity contribution in [2.75, 3.05) is 46.9 Å². The van der Waals surface area contributed by atoms with Crippen LogP contribution in [-0.2, 0) is 0 Å². The van der Waals surface area contributed by atoms with Gasteiger partial charge in [0.25, 0.3) is 5.91 Å². The highest BCUT2D eigenvalue weighted by atomic mass is 16.5. The number of carbonyl (C=O) groups is 1. The number of para-hydroxylation sites is 1. The van der Waals surface area contributed by atoms with Crippen LogP contribution in [0.5, 0.6) is 17.2 Å². The van der Waals surface area contributed by atoms with Crippen LogP contribution >= 0.6 is 0 Å². The fourth-order valence-corrected chi connectivity index (χ4v) is 4.52. The zero-order chi connectivity index (χ0) is 23.0. The fourth-order valence-electron chi connectivity index (χ4n) is 4.52. The van der Waals surface area contributed by atoms with Gasteiger partial charge in [-0.1, -0.05) is 30.4 Å². The number of rotatable bonds is 8. The molecule has 6 nitrogen and oxygen atoms in total. The molecular weight excluding hydrogens is 416 g/mol. The van der Waals surface area contributed by atoms with Gasteiger partial charge in [0.05, 0.1) is 19.8 Å². The van der Waals surface area contributed by atoms with Gasteiger partial charge >= 0.3 is 0 Å². The molecule has 33 heavy (non-hydrogen) atoms. The first kappa shape index (κ1) is 23.2. The number of ether oxygens (including phenoxy) is 3. The van der Waals surface area contributed by atoms with Crippen molar-refractivity contribution in [3.8, 4) is 17.2 Å². The second-order valence-corrected chi connectivity index (χ2v) is 8.62. The van der Waals surface area contributed by atoms with E-state index in [-0.39, 0.29) is 12.0 Å². The fraction of sp³-hybridized carbons (Fsp3) is 0.444. The Bertz CT molecular complexity index is 960. The summed E-state index contributed by atoms with van der Waals surface area (Å²) < 4.78 is 17.2. The van der Waals surface area contributed by atoms with Gasteiger partial charge in [0.2, 0.25) is 0 Å². The molecule has 4 rings (SSSR count). The predicted octanol–water partition coefficient (Wildman–Crippen LogP) is 4.50. The molecule has 0 aliphatic carbocycles. The van der Waals surface area contributed by atoms with E-state index in [0.29, 0.717) is 17.1 Å². The van der Waals surface area contributed by atoms with Crippen LogP contribution in [0.2, 0.25) is 0 Å². The highest BCUT2D eigenvalue weighted by molar-refractivity contribution is 5.97. The molecular formula is C27H34N2O4. The molecule has 1 amide bonds. The molecule has 176 valence electrons. The van der Waals surface area contributed by atoms with Crippen molar-refractivity contribution >= 4 is 12.0 Å². The minimum absolute atomic E-state index is 0.0593. The Morgan fingerprint density at radius 2 is 1.73 bits per heavy atom. The van der Waals surface area contributed by atoms with E-state index < -0.39 is 0 Å². The Labute approximate surface area is 196 Å². The Hall–Kier alpha value is -2.99. The lowest BCUT2D eigenvalue weighted by Crippen LogP contribution is -2.38. The van der Waals surface area contributed by atoms with Crippen LogP contribution in [-0.4, -0.2) is 68.8 Å². The summed E-state index contributed by atoms with van der Waals surface area (Å²) in [6.07, 6.45) is 8.40. The molecule has 2 saturated heterocycles. The molecule has 0 aromatic heterocycles. The lowest BCUT2D eigenvalue weighted by molar-refractivity contribution is 0.0771. The van der Waals surface area contributed by atoms with E-state index >= 15 is 0 Å². The third-order valence-electron chi connectivity index (χ3n) is 6.44. The third kappa shape index (κ3) is 5.88. The quantitative estimate of drug-likeness (QED) is 0.593. The summed E-state index contributed by atoms with van der Waals surface area (Å²) in [5.74, 6) is 2.30. The van der Waals surface area contributed by atoms with E-state index in [4.69, 9.17) is 14.2 Å². The molecule has 0 bridgehead atoms. The number of methoxy groups -OCH3 is 2. The number of piperidine rings is 1. The lowest BCUT2D eigenvalue weighted by atomic mass is 10.1. The molecule has 0 radical (unpaired) electrons. The van der Waals surface area contributed by atoms with Crippen LogP contribution in [0.4, 0.5) is 0 Å². The molecule has 2 heterocycles. The number of amides is 1. The first-order valence-corrected chi connectivity index (χ1v) is 11.8. The largest absolute Gasteiger partial charge is 0.497 e. The Kier molecular flexibility index (Phi) is 7.89. The predicted molar refractivity (Wildman–Crippen MR) is 130 cm³/mol. The topological polar surface area (TPSA) is 51.2 Å². The second-order valence-electron chi connectivity index (χ2n) is 8.62. The van der Waals surface area contributed by atoms with Crippen LogP contribution in [0.3, 0.4) is 0 Å². The molecule has 0 atom stereocenters. The minimum atomic E-state index is 0.0593. The molecule has 2 aliphatic heterocycles. The van der Waals surface area contributed by atoms with Crippen molar-refractivity contribution in [3.63, 3.8) is 0 Å². The van der Waals surface area contributed by atoms with E-state index in [1.54, 1.807) is 14.2 Å². The maximum Gasteiger partial charge on any atom is 0.257 e. The van der Waals surface area contributed by atoms with E-state index in [1.165, 1.54) is 0 Å². The minimum Gasteiger partial charge on any atom is -0.497 e. The van der Waals surface area contributed by atoms with Gasteiger partial charge in [-0.25, -0.2) is 0 Å². The first-order chi connectivity index (χ1) is 16.2. The number of carbonyl (C=O) groups excluding carboxylic acids is 1. The van der Waals surface area contributed by atoms with Crippen molar-refractivity contribution in [1.82, 2.24) is 9.80 Å². The van der Waals surface area contributed by atoms with E-state index in [0.717, 1.165) is 69.7 Å². The Morgan fingerprint density at radius 3 is 2.45 bits per heavy atom. The standard InChI is InChI=1S/C27H34N2O4/c1-31-23-11-12-24(27(30)29-16-5-6-17-29)26(20-23)33-22-13-18-28(19-14-22)15-7-9-21-8-3-4-10-25(21)32-2/h3-4,7-12,20,22H,5-6,13-19H2,1-2H3. The molecule has 0 saturated carbocycles. The van der Waals surface area contributed by atoms with Gasteiger partial charge in [-0.15, -0.1) is 0 Å². The summed E-state index contributed by atoms with van der Waals surface area (Å²) in [6.45, 7) is 4.46. The lowest BCUT2D eigenvalue weighted by Gasteiger charge is -2.32. The zero-order valence-electron chi connectivity index (χ0n) is 19.7. The molecule has 0 N–H and O–H groups in total. The van der Waals surface area contributed by atoms with Crippen molar-refractivity contribution in [2.24, 2.45) is 0 Å². The van der Waals surface area contributed by atoms with E-state index in [9.17, 15) is 4.79 Å². The van der Waals surface area contributed by atoms with Gasteiger partial charge < -0.3 is 19.1 Å². The van der Waals surface area contributed by atoms with Gasteiger partial charge in [-0.2, -0.15) is 0 Å². The zero-order valence-corrected chi connectivity index (χ0v) is 19.7. The van der Waals surface area contributed by atoms with Crippen LogP contribution in [0, 0.1) is 0 Å². The van der Waals surface area contributed by atoms with Gasteiger partial charge in [-0.05, 0) is 43.9 Å². The van der Waals surface area contributed by atoms with E-state index in [2.05, 4.69) is 23.1 Å². The number of likely N-dealkylation sites (tertiary alicyclic amines) is 2. The van der Waals surface area contributed by atoms with Crippen molar-refractivity contribution in [3.05, 3.63) is 59.7 Å².